The molecule has 3 atom stereocenters. The van der Waals surface area contributed by atoms with Gasteiger partial charge in [-0.15, -0.1) is 0 Å². The first-order chi connectivity index (χ1) is 6.71. The van der Waals surface area contributed by atoms with Gasteiger partial charge in [0, 0.05) is 25.6 Å². The molecule has 0 radical (unpaired) electrons. The second-order valence-corrected chi connectivity index (χ2v) is 4.65. The highest BCUT2D eigenvalue weighted by Crippen LogP contribution is 2.35. The molecule has 3 heteroatoms. The summed E-state index contributed by atoms with van der Waals surface area (Å²) < 4.78 is 10.9. The third-order valence-electron chi connectivity index (χ3n) is 3.50. The molecule has 0 aromatic rings. The van der Waals surface area contributed by atoms with Gasteiger partial charge in [-0.2, -0.15) is 0 Å². The maximum atomic E-state index is 10.5. The van der Waals surface area contributed by atoms with E-state index >= 15 is 0 Å². The lowest BCUT2D eigenvalue weighted by molar-refractivity contribution is -0.150. The fraction of sp³-hybridized carbons (Fsp3) is 1.00. The predicted octanol–water partition coefficient (Wildman–Crippen LogP) is 1.34. The SMILES string of the molecule is CC1CC(O)(C2CCCOC2)CCO1. The lowest BCUT2D eigenvalue weighted by atomic mass is 9.77. The number of hydrogen-bond acceptors (Lipinski definition) is 3. The summed E-state index contributed by atoms with van der Waals surface area (Å²) in [5, 5.41) is 10.5. The smallest absolute Gasteiger partial charge is 0.0744 e. The molecule has 0 aromatic heterocycles. The summed E-state index contributed by atoms with van der Waals surface area (Å²) in [6, 6.07) is 0. The van der Waals surface area contributed by atoms with Gasteiger partial charge in [-0.25, -0.2) is 0 Å². The Hall–Kier alpha value is -0.120. The molecule has 0 bridgehead atoms. The van der Waals surface area contributed by atoms with E-state index in [0.29, 0.717) is 12.5 Å². The van der Waals surface area contributed by atoms with Crippen LogP contribution in [0.5, 0.6) is 0 Å². The van der Waals surface area contributed by atoms with Gasteiger partial charge >= 0.3 is 0 Å². The minimum absolute atomic E-state index is 0.190. The summed E-state index contributed by atoms with van der Waals surface area (Å²) in [5.41, 5.74) is -0.530. The summed E-state index contributed by atoms with van der Waals surface area (Å²) in [7, 11) is 0. The molecule has 0 aromatic carbocycles. The highest BCUT2D eigenvalue weighted by Gasteiger charge is 2.41. The average Bonchev–Trinajstić information content (AvgIpc) is 2.19. The minimum Gasteiger partial charge on any atom is -0.389 e. The van der Waals surface area contributed by atoms with E-state index in [1.807, 2.05) is 6.92 Å². The van der Waals surface area contributed by atoms with Crippen molar-refractivity contribution in [3.63, 3.8) is 0 Å². The molecule has 2 aliphatic heterocycles. The van der Waals surface area contributed by atoms with E-state index in [2.05, 4.69) is 0 Å². The van der Waals surface area contributed by atoms with Crippen LogP contribution in [0.15, 0.2) is 0 Å². The highest BCUT2D eigenvalue weighted by atomic mass is 16.5. The van der Waals surface area contributed by atoms with Crippen LogP contribution in [0, 0.1) is 5.92 Å². The maximum absolute atomic E-state index is 10.5. The largest absolute Gasteiger partial charge is 0.389 e. The van der Waals surface area contributed by atoms with Crippen LogP contribution >= 0.6 is 0 Å². The van der Waals surface area contributed by atoms with Crippen LogP contribution in [-0.4, -0.2) is 36.6 Å². The summed E-state index contributed by atoms with van der Waals surface area (Å²) in [5.74, 6) is 0.322. The van der Waals surface area contributed by atoms with E-state index in [1.54, 1.807) is 0 Å². The molecule has 0 saturated carbocycles. The first kappa shape index (κ1) is 10.4. The molecule has 0 aliphatic carbocycles. The van der Waals surface area contributed by atoms with E-state index < -0.39 is 5.60 Å². The lowest BCUT2D eigenvalue weighted by Crippen LogP contribution is -2.48. The van der Waals surface area contributed by atoms with E-state index in [0.717, 1.165) is 38.9 Å². The Labute approximate surface area is 85.4 Å². The second kappa shape index (κ2) is 4.17. The van der Waals surface area contributed by atoms with Crippen molar-refractivity contribution in [3.05, 3.63) is 0 Å². The number of hydrogen-bond donors (Lipinski definition) is 1. The van der Waals surface area contributed by atoms with E-state index in [4.69, 9.17) is 9.47 Å². The monoisotopic (exact) mass is 200 g/mol. The van der Waals surface area contributed by atoms with Gasteiger partial charge in [0.1, 0.15) is 0 Å². The minimum atomic E-state index is -0.530. The maximum Gasteiger partial charge on any atom is 0.0744 e. The second-order valence-electron chi connectivity index (χ2n) is 4.65. The van der Waals surface area contributed by atoms with Crippen LogP contribution in [0.4, 0.5) is 0 Å². The van der Waals surface area contributed by atoms with Crippen molar-refractivity contribution in [1.29, 1.82) is 0 Å². The zero-order chi connectivity index (χ0) is 10.0. The van der Waals surface area contributed by atoms with Crippen molar-refractivity contribution < 1.29 is 14.6 Å². The summed E-state index contributed by atoms with van der Waals surface area (Å²) >= 11 is 0. The van der Waals surface area contributed by atoms with E-state index in [9.17, 15) is 5.11 Å². The van der Waals surface area contributed by atoms with Crippen LogP contribution in [0.2, 0.25) is 0 Å². The van der Waals surface area contributed by atoms with Gasteiger partial charge < -0.3 is 14.6 Å². The molecule has 0 amide bonds. The lowest BCUT2D eigenvalue weighted by Gasteiger charge is -2.42. The average molecular weight is 200 g/mol. The Bertz CT molecular complexity index is 189. The van der Waals surface area contributed by atoms with Crippen LogP contribution in [0.25, 0.3) is 0 Å². The Morgan fingerprint density at radius 3 is 2.86 bits per heavy atom. The topological polar surface area (TPSA) is 38.7 Å². The molecule has 2 fully saturated rings. The molecule has 2 rings (SSSR count). The Morgan fingerprint density at radius 2 is 2.21 bits per heavy atom. The first-order valence-electron chi connectivity index (χ1n) is 5.62. The van der Waals surface area contributed by atoms with Crippen molar-refractivity contribution in [2.24, 2.45) is 5.92 Å². The van der Waals surface area contributed by atoms with Crippen LogP contribution in [0.1, 0.15) is 32.6 Å². The third kappa shape index (κ3) is 2.10. The molecule has 3 unspecified atom stereocenters. The van der Waals surface area contributed by atoms with Crippen LogP contribution in [-0.2, 0) is 9.47 Å². The fourth-order valence-electron chi connectivity index (χ4n) is 2.63. The zero-order valence-electron chi connectivity index (χ0n) is 8.87. The molecule has 14 heavy (non-hydrogen) atoms. The Morgan fingerprint density at radius 1 is 1.36 bits per heavy atom. The molecule has 1 N–H and O–H groups in total. The van der Waals surface area contributed by atoms with Gasteiger partial charge in [0.25, 0.3) is 0 Å². The van der Waals surface area contributed by atoms with Crippen molar-refractivity contribution in [3.8, 4) is 0 Å². The molecule has 2 heterocycles. The molecule has 3 nitrogen and oxygen atoms in total. The van der Waals surface area contributed by atoms with E-state index in [-0.39, 0.29) is 6.10 Å². The van der Waals surface area contributed by atoms with Crippen molar-refractivity contribution >= 4 is 0 Å². The van der Waals surface area contributed by atoms with Gasteiger partial charge in [0.2, 0.25) is 0 Å². The number of rotatable bonds is 1. The number of aliphatic hydroxyl groups is 1. The van der Waals surface area contributed by atoms with E-state index in [1.165, 1.54) is 0 Å². The van der Waals surface area contributed by atoms with Gasteiger partial charge in [-0.3, -0.25) is 0 Å². The Balaban J connectivity index is 1.98. The summed E-state index contributed by atoms with van der Waals surface area (Å²) in [6.07, 6.45) is 3.91. The molecular weight excluding hydrogens is 180 g/mol. The molecular formula is C11H20O3. The molecule has 0 spiro atoms. The third-order valence-corrected chi connectivity index (χ3v) is 3.50. The zero-order valence-corrected chi connectivity index (χ0v) is 8.87. The van der Waals surface area contributed by atoms with Crippen molar-refractivity contribution in [2.75, 3.05) is 19.8 Å². The van der Waals surface area contributed by atoms with Gasteiger partial charge in [0.05, 0.1) is 18.3 Å². The molecule has 2 saturated heterocycles. The Kier molecular flexibility index (Phi) is 3.10. The normalized spacial score (nSPS) is 45.0. The number of ether oxygens (including phenoxy) is 2. The van der Waals surface area contributed by atoms with Crippen LogP contribution in [0.3, 0.4) is 0 Å². The van der Waals surface area contributed by atoms with Crippen molar-refractivity contribution in [1.82, 2.24) is 0 Å². The standard InChI is InChI=1S/C11H20O3/c1-9-7-11(12,4-6-14-9)10-3-2-5-13-8-10/h9-10,12H,2-8H2,1H3. The first-order valence-corrected chi connectivity index (χ1v) is 5.62. The van der Waals surface area contributed by atoms with Gasteiger partial charge in [0.15, 0.2) is 0 Å². The fourth-order valence-corrected chi connectivity index (χ4v) is 2.63. The predicted molar refractivity (Wildman–Crippen MR) is 53.1 cm³/mol. The van der Waals surface area contributed by atoms with Crippen molar-refractivity contribution in [2.45, 2.75) is 44.3 Å². The van der Waals surface area contributed by atoms with Gasteiger partial charge in [-0.1, -0.05) is 0 Å². The summed E-state index contributed by atoms with van der Waals surface area (Å²) in [4.78, 5) is 0. The van der Waals surface area contributed by atoms with Gasteiger partial charge in [-0.05, 0) is 26.2 Å². The molecule has 82 valence electrons. The quantitative estimate of drug-likeness (QED) is 0.694. The molecule has 2 aliphatic rings. The summed E-state index contributed by atoms with van der Waals surface area (Å²) in [6.45, 7) is 4.31. The van der Waals surface area contributed by atoms with Crippen LogP contribution < -0.4 is 0 Å². The highest BCUT2D eigenvalue weighted by molar-refractivity contribution is 4.91.